The van der Waals surface area contributed by atoms with Gasteiger partial charge in [0.1, 0.15) is 17.2 Å². The summed E-state index contributed by atoms with van der Waals surface area (Å²) in [6.45, 7) is 2.54. The summed E-state index contributed by atoms with van der Waals surface area (Å²) >= 11 is 1.27. The molecule has 0 fully saturated rings. The number of carbonyl (C=O) groups excluding carboxylic acids is 1. The van der Waals surface area contributed by atoms with Gasteiger partial charge in [0.05, 0.1) is 32.8 Å². The zero-order valence-electron chi connectivity index (χ0n) is 20.7. The number of nitrogens with one attached hydrogen (secondary N) is 1. The largest absolute Gasteiger partial charge is 0.497 e. The molecule has 0 aliphatic carbocycles. The molecule has 1 N–H and O–H groups in total. The zero-order chi connectivity index (χ0) is 26.0. The number of hydrogen-bond acceptors (Lipinski definition) is 8. The molecule has 1 heterocycles. The molecule has 0 saturated carbocycles. The van der Waals surface area contributed by atoms with Crippen molar-refractivity contribution in [1.29, 1.82) is 0 Å². The number of benzene rings is 3. The quantitative estimate of drug-likeness (QED) is 0.176. The van der Waals surface area contributed by atoms with E-state index in [2.05, 4.69) is 20.7 Å². The van der Waals surface area contributed by atoms with Crippen LogP contribution in [-0.4, -0.2) is 53.5 Å². The fraction of sp³-hybridized carbons (Fsp3) is 0.185. The standard InChI is InChI=1S/C27H27N5O4S/c1-4-36-24-11-5-19(6-12-24)17-28-29-25(33)18-37-27-31-30-26(20-7-13-22(34-2)14-8-20)32(27)21-9-15-23(35-3)16-10-21/h5-17H,4,18H2,1-3H3,(H,29,33). The molecule has 1 amide bonds. The Labute approximate surface area is 219 Å². The molecule has 0 aliphatic rings. The first-order valence-electron chi connectivity index (χ1n) is 11.5. The van der Waals surface area contributed by atoms with Crippen molar-refractivity contribution in [3.05, 3.63) is 78.4 Å². The number of hydrogen-bond donors (Lipinski definition) is 1. The minimum Gasteiger partial charge on any atom is -0.497 e. The molecule has 1 aromatic heterocycles. The SMILES string of the molecule is CCOc1ccc(C=NNC(=O)CSc2nnc(-c3ccc(OC)cc3)n2-c2ccc(OC)cc2)cc1. The molecule has 0 saturated heterocycles. The summed E-state index contributed by atoms with van der Waals surface area (Å²) in [6, 6.07) is 22.6. The first-order chi connectivity index (χ1) is 18.1. The maximum atomic E-state index is 12.5. The smallest absolute Gasteiger partial charge is 0.250 e. The fourth-order valence-corrected chi connectivity index (χ4v) is 4.16. The Hall–Kier alpha value is -4.31. The van der Waals surface area contributed by atoms with E-state index < -0.39 is 0 Å². The molecule has 3 aromatic carbocycles. The lowest BCUT2D eigenvalue weighted by Gasteiger charge is -2.11. The van der Waals surface area contributed by atoms with E-state index in [1.54, 1.807) is 20.4 Å². The molecule has 0 atom stereocenters. The summed E-state index contributed by atoms with van der Waals surface area (Å²) < 4.78 is 17.9. The molecule has 4 aromatic rings. The van der Waals surface area contributed by atoms with E-state index in [1.165, 1.54) is 11.8 Å². The number of aromatic nitrogens is 3. The molecular formula is C27H27N5O4S. The van der Waals surface area contributed by atoms with E-state index >= 15 is 0 Å². The highest BCUT2D eigenvalue weighted by Crippen LogP contribution is 2.29. The van der Waals surface area contributed by atoms with Gasteiger partial charge in [0, 0.05) is 11.3 Å². The molecular weight excluding hydrogens is 490 g/mol. The van der Waals surface area contributed by atoms with Crippen LogP contribution in [0, 0.1) is 0 Å². The van der Waals surface area contributed by atoms with Crippen molar-refractivity contribution in [3.63, 3.8) is 0 Å². The monoisotopic (exact) mass is 517 g/mol. The van der Waals surface area contributed by atoms with Gasteiger partial charge >= 0.3 is 0 Å². The fourth-order valence-electron chi connectivity index (χ4n) is 3.41. The third kappa shape index (κ3) is 6.68. The van der Waals surface area contributed by atoms with Crippen LogP contribution in [0.5, 0.6) is 17.2 Å². The van der Waals surface area contributed by atoms with Gasteiger partial charge in [0.15, 0.2) is 11.0 Å². The van der Waals surface area contributed by atoms with Crippen LogP contribution >= 0.6 is 11.8 Å². The number of hydrazone groups is 1. The summed E-state index contributed by atoms with van der Waals surface area (Å²) in [5, 5.41) is 13.4. The number of nitrogens with zero attached hydrogens (tertiary/aromatic N) is 4. The van der Waals surface area contributed by atoms with Gasteiger partial charge in [-0.3, -0.25) is 9.36 Å². The highest BCUT2D eigenvalue weighted by atomic mass is 32.2. The predicted molar refractivity (Wildman–Crippen MR) is 144 cm³/mol. The Balaban J connectivity index is 1.48. The number of ether oxygens (including phenoxy) is 3. The van der Waals surface area contributed by atoms with E-state index in [0.29, 0.717) is 17.6 Å². The molecule has 0 bridgehead atoms. The number of methoxy groups -OCH3 is 2. The number of rotatable bonds is 11. The molecule has 0 unspecified atom stereocenters. The minimum atomic E-state index is -0.262. The van der Waals surface area contributed by atoms with Gasteiger partial charge in [-0.2, -0.15) is 5.10 Å². The summed E-state index contributed by atoms with van der Waals surface area (Å²) in [5.41, 5.74) is 5.11. The van der Waals surface area contributed by atoms with Crippen LogP contribution in [0.1, 0.15) is 12.5 Å². The molecule has 0 spiro atoms. The van der Waals surface area contributed by atoms with Gasteiger partial charge in [-0.25, -0.2) is 5.43 Å². The van der Waals surface area contributed by atoms with Crippen LogP contribution in [0.15, 0.2) is 83.1 Å². The minimum absolute atomic E-state index is 0.109. The van der Waals surface area contributed by atoms with E-state index in [0.717, 1.165) is 34.1 Å². The van der Waals surface area contributed by atoms with Gasteiger partial charge in [0.25, 0.3) is 5.91 Å². The first kappa shape index (κ1) is 25.8. The van der Waals surface area contributed by atoms with Crippen molar-refractivity contribution in [2.24, 2.45) is 5.10 Å². The summed E-state index contributed by atoms with van der Waals surface area (Å²) in [7, 11) is 3.24. The van der Waals surface area contributed by atoms with Gasteiger partial charge in [-0.15, -0.1) is 10.2 Å². The Bertz CT molecular complexity index is 1340. The van der Waals surface area contributed by atoms with Crippen LogP contribution in [-0.2, 0) is 4.79 Å². The molecule has 10 heteroatoms. The van der Waals surface area contributed by atoms with Crippen LogP contribution in [0.4, 0.5) is 0 Å². The average Bonchev–Trinajstić information content (AvgIpc) is 3.37. The lowest BCUT2D eigenvalue weighted by atomic mass is 10.2. The lowest BCUT2D eigenvalue weighted by Crippen LogP contribution is -2.20. The van der Waals surface area contributed by atoms with Gasteiger partial charge in [0.2, 0.25) is 0 Å². The Kier molecular flexibility index (Phi) is 8.77. The normalized spacial score (nSPS) is 10.9. The second-order valence-corrected chi connectivity index (χ2v) is 8.59. The molecule has 4 rings (SSSR count). The Morgan fingerprint density at radius 3 is 2.16 bits per heavy atom. The van der Waals surface area contributed by atoms with Gasteiger partial charge in [-0.05, 0) is 85.3 Å². The van der Waals surface area contributed by atoms with Gasteiger partial charge in [-0.1, -0.05) is 11.8 Å². The number of thioether (sulfide) groups is 1. The Morgan fingerprint density at radius 1 is 0.919 bits per heavy atom. The molecule has 37 heavy (non-hydrogen) atoms. The molecule has 0 aliphatic heterocycles. The zero-order valence-corrected chi connectivity index (χ0v) is 21.6. The first-order valence-corrected chi connectivity index (χ1v) is 12.5. The summed E-state index contributed by atoms with van der Waals surface area (Å²) in [5.74, 6) is 2.76. The second-order valence-electron chi connectivity index (χ2n) is 7.65. The highest BCUT2D eigenvalue weighted by molar-refractivity contribution is 7.99. The third-order valence-corrected chi connectivity index (χ3v) is 6.17. The van der Waals surface area contributed by atoms with Crippen LogP contribution in [0.25, 0.3) is 17.1 Å². The molecule has 9 nitrogen and oxygen atoms in total. The van der Waals surface area contributed by atoms with Crippen molar-refractivity contribution < 1.29 is 19.0 Å². The highest BCUT2D eigenvalue weighted by Gasteiger charge is 2.17. The second kappa shape index (κ2) is 12.6. The van der Waals surface area contributed by atoms with E-state index in [1.807, 2.05) is 84.3 Å². The third-order valence-electron chi connectivity index (χ3n) is 5.24. The van der Waals surface area contributed by atoms with Crippen molar-refractivity contribution in [2.45, 2.75) is 12.1 Å². The Morgan fingerprint density at radius 2 is 1.54 bits per heavy atom. The van der Waals surface area contributed by atoms with Crippen molar-refractivity contribution >= 4 is 23.9 Å². The van der Waals surface area contributed by atoms with Crippen LogP contribution < -0.4 is 19.6 Å². The maximum Gasteiger partial charge on any atom is 0.250 e. The van der Waals surface area contributed by atoms with Crippen LogP contribution in [0.2, 0.25) is 0 Å². The van der Waals surface area contributed by atoms with Crippen molar-refractivity contribution in [2.75, 3.05) is 26.6 Å². The lowest BCUT2D eigenvalue weighted by molar-refractivity contribution is -0.118. The van der Waals surface area contributed by atoms with E-state index in [-0.39, 0.29) is 11.7 Å². The van der Waals surface area contributed by atoms with Crippen LogP contribution in [0.3, 0.4) is 0 Å². The van der Waals surface area contributed by atoms with E-state index in [9.17, 15) is 4.79 Å². The average molecular weight is 518 g/mol. The summed E-state index contributed by atoms with van der Waals surface area (Å²) in [4.78, 5) is 12.5. The van der Waals surface area contributed by atoms with Crippen molar-refractivity contribution in [3.8, 4) is 34.3 Å². The van der Waals surface area contributed by atoms with Crippen molar-refractivity contribution in [1.82, 2.24) is 20.2 Å². The topological polar surface area (TPSA) is 99.9 Å². The summed E-state index contributed by atoms with van der Waals surface area (Å²) in [6.07, 6.45) is 1.58. The number of carbonyl (C=O) groups is 1. The van der Waals surface area contributed by atoms with E-state index in [4.69, 9.17) is 14.2 Å². The predicted octanol–water partition coefficient (Wildman–Crippen LogP) is 4.59. The molecule has 190 valence electrons. The maximum absolute atomic E-state index is 12.5. The molecule has 0 radical (unpaired) electrons. The number of amides is 1. The van der Waals surface area contributed by atoms with Gasteiger partial charge < -0.3 is 14.2 Å².